The van der Waals surface area contributed by atoms with Crippen LogP contribution in [0.25, 0.3) is 20.8 Å². The summed E-state index contributed by atoms with van der Waals surface area (Å²) in [5.74, 6) is 1.54. The van der Waals surface area contributed by atoms with Gasteiger partial charge in [-0.3, -0.25) is 4.79 Å². The van der Waals surface area contributed by atoms with Crippen molar-refractivity contribution in [3.8, 4) is 22.1 Å². The number of carbonyl (C=O) groups is 1. The van der Waals surface area contributed by atoms with Crippen molar-refractivity contribution in [2.75, 3.05) is 19.0 Å². The third kappa shape index (κ3) is 3.61. The first-order valence-corrected chi connectivity index (χ1v) is 11.6. The third-order valence-corrected chi connectivity index (χ3v) is 7.16. The van der Waals surface area contributed by atoms with Gasteiger partial charge in [-0.15, -0.1) is 32.9 Å². The van der Waals surface area contributed by atoms with Crippen molar-refractivity contribution >= 4 is 50.4 Å². The van der Waals surface area contributed by atoms with Crippen molar-refractivity contribution < 1.29 is 14.3 Å². The lowest BCUT2D eigenvalue weighted by Gasteiger charge is -2.18. The molecule has 0 unspecified atom stereocenters. The molecule has 4 heterocycles. The highest BCUT2D eigenvalue weighted by atomic mass is 32.2. The molecule has 3 aromatic heterocycles. The van der Waals surface area contributed by atoms with Gasteiger partial charge in [-0.05, 0) is 36.6 Å². The number of thiazole rings is 1. The average Bonchev–Trinajstić information content (AvgIpc) is 3.41. The van der Waals surface area contributed by atoms with Gasteiger partial charge in [0.05, 0.1) is 20.3 Å². The summed E-state index contributed by atoms with van der Waals surface area (Å²) in [4.78, 5) is 18.4. The Hall–Kier alpha value is -2.49. The molecule has 0 saturated heterocycles. The summed E-state index contributed by atoms with van der Waals surface area (Å²) in [7, 11) is 0. The maximum atomic E-state index is 12.7. The predicted molar refractivity (Wildman–Crippen MR) is 116 cm³/mol. The molecule has 9 heteroatoms. The number of ketones is 1. The largest absolute Gasteiger partial charge is 0.486 e. The minimum Gasteiger partial charge on any atom is -0.486 e. The van der Waals surface area contributed by atoms with E-state index in [1.807, 2.05) is 24.4 Å². The van der Waals surface area contributed by atoms with Crippen molar-refractivity contribution in [1.29, 1.82) is 0 Å². The van der Waals surface area contributed by atoms with Crippen molar-refractivity contribution in [1.82, 2.24) is 15.2 Å². The summed E-state index contributed by atoms with van der Waals surface area (Å²) < 4.78 is 12.1. The van der Waals surface area contributed by atoms with Gasteiger partial charge in [-0.2, -0.15) is 0 Å². The molecular formula is C20H15N3O3S3. The molecule has 0 amide bonds. The number of carbonyl (C=O) groups excluding carboxylic acids is 1. The molecule has 0 aliphatic carbocycles. The highest BCUT2D eigenvalue weighted by Gasteiger charge is 2.19. The molecule has 0 N–H and O–H groups in total. The van der Waals surface area contributed by atoms with E-state index < -0.39 is 0 Å². The van der Waals surface area contributed by atoms with Crippen LogP contribution >= 0.6 is 34.4 Å². The maximum absolute atomic E-state index is 12.7. The lowest BCUT2D eigenvalue weighted by Crippen LogP contribution is -2.16. The van der Waals surface area contributed by atoms with Crippen LogP contribution in [0.3, 0.4) is 0 Å². The summed E-state index contributed by atoms with van der Waals surface area (Å²) in [6.45, 7) is 2.99. The van der Waals surface area contributed by atoms with Crippen LogP contribution in [0.4, 0.5) is 0 Å². The maximum Gasteiger partial charge on any atom is 0.173 e. The van der Waals surface area contributed by atoms with Crippen LogP contribution in [0.1, 0.15) is 15.4 Å². The van der Waals surface area contributed by atoms with Gasteiger partial charge in [0.2, 0.25) is 0 Å². The van der Waals surface area contributed by atoms with Gasteiger partial charge in [0, 0.05) is 5.56 Å². The second-order valence-electron chi connectivity index (χ2n) is 6.31. The van der Waals surface area contributed by atoms with E-state index in [-0.39, 0.29) is 11.5 Å². The van der Waals surface area contributed by atoms with Crippen LogP contribution in [-0.2, 0) is 0 Å². The Morgan fingerprint density at radius 3 is 2.86 bits per heavy atom. The van der Waals surface area contributed by atoms with E-state index >= 15 is 0 Å². The first-order chi connectivity index (χ1) is 14.2. The fraction of sp³-hybridized carbons (Fsp3) is 0.200. The smallest absolute Gasteiger partial charge is 0.173 e. The summed E-state index contributed by atoms with van der Waals surface area (Å²) in [5.41, 5.74) is 2.25. The van der Waals surface area contributed by atoms with Gasteiger partial charge in [-0.25, -0.2) is 4.98 Å². The Kier molecular flexibility index (Phi) is 4.94. The average molecular weight is 442 g/mol. The van der Waals surface area contributed by atoms with Gasteiger partial charge in [0.15, 0.2) is 17.3 Å². The second-order valence-corrected chi connectivity index (χ2v) is 9.43. The molecule has 5 rings (SSSR count). The third-order valence-electron chi connectivity index (χ3n) is 4.35. The lowest BCUT2D eigenvalue weighted by molar-refractivity contribution is 0.102. The second kappa shape index (κ2) is 7.74. The number of hydrogen-bond donors (Lipinski definition) is 0. The molecule has 1 aliphatic rings. The molecule has 0 atom stereocenters. The number of aromatic nitrogens is 3. The molecular weight excluding hydrogens is 426 g/mol. The monoisotopic (exact) mass is 441 g/mol. The standard InChI is InChI=1S/C20H15N3O3S3/c1-11-21-18-19(29-11)17(16-3-2-8-27-16)22-23-20(18)28-10-13(24)12-4-5-14-15(9-12)26-7-6-25-14/h2-5,8-9H,6-7,10H2,1H3. The van der Waals surface area contributed by atoms with E-state index in [1.54, 1.807) is 40.9 Å². The number of thiophene rings is 1. The minimum absolute atomic E-state index is 0.00351. The summed E-state index contributed by atoms with van der Waals surface area (Å²) in [6, 6.07) is 9.32. The Bertz CT molecular complexity index is 1200. The zero-order chi connectivity index (χ0) is 19.8. The summed E-state index contributed by atoms with van der Waals surface area (Å²) in [6.07, 6.45) is 0. The number of rotatable bonds is 5. The molecule has 0 bridgehead atoms. The van der Waals surface area contributed by atoms with Crippen LogP contribution in [0.15, 0.2) is 40.7 Å². The van der Waals surface area contributed by atoms with Gasteiger partial charge in [-0.1, -0.05) is 17.8 Å². The van der Waals surface area contributed by atoms with Crippen LogP contribution in [0.5, 0.6) is 11.5 Å². The van der Waals surface area contributed by atoms with Crippen LogP contribution in [-0.4, -0.2) is 39.9 Å². The van der Waals surface area contributed by atoms with E-state index in [2.05, 4.69) is 15.2 Å². The van der Waals surface area contributed by atoms with Crippen LogP contribution in [0, 0.1) is 6.92 Å². The fourth-order valence-corrected chi connectivity index (χ4v) is 5.61. The van der Waals surface area contributed by atoms with E-state index in [4.69, 9.17) is 9.47 Å². The molecule has 1 aromatic carbocycles. The van der Waals surface area contributed by atoms with Gasteiger partial charge in [0.25, 0.3) is 0 Å². The first-order valence-electron chi connectivity index (χ1n) is 8.92. The fourth-order valence-electron chi connectivity index (χ4n) is 3.03. The lowest BCUT2D eigenvalue weighted by atomic mass is 10.1. The number of ether oxygens (including phenoxy) is 2. The van der Waals surface area contributed by atoms with E-state index in [0.717, 1.165) is 25.8 Å². The molecule has 0 radical (unpaired) electrons. The highest BCUT2D eigenvalue weighted by molar-refractivity contribution is 8.00. The molecule has 0 saturated carbocycles. The molecule has 0 spiro atoms. The molecule has 6 nitrogen and oxygen atoms in total. The van der Waals surface area contributed by atoms with Crippen LogP contribution in [0.2, 0.25) is 0 Å². The number of aryl methyl sites for hydroxylation is 1. The van der Waals surface area contributed by atoms with Crippen LogP contribution < -0.4 is 9.47 Å². The Balaban J connectivity index is 1.40. The quantitative estimate of drug-likeness (QED) is 0.323. The normalized spacial score (nSPS) is 13.0. The van der Waals surface area contributed by atoms with Gasteiger partial charge < -0.3 is 9.47 Å². The molecule has 1 aliphatic heterocycles. The Labute approximate surface area is 178 Å². The van der Waals surface area contributed by atoms with Crippen molar-refractivity contribution in [3.63, 3.8) is 0 Å². The zero-order valence-electron chi connectivity index (χ0n) is 15.4. The SMILES string of the molecule is Cc1nc2c(SCC(=O)c3ccc4c(c3)OCCO4)nnc(-c3cccs3)c2s1. The van der Waals surface area contributed by atoms with Gasteiger partial charge in [0.1, 0.15) is 29.5 Å². The summed E-state index contributed by atoms with van der Waals surface area (Å²) in [5, 5.41) is 12.5. The number of thioether (sulfide) groups is 1. The van der Waals surface area contributed by atoms with Crippen molar-refractivity contribution in [2.24, 2.45) is 0 Å². The van der Waals surface area contributed by atoms with Gasteiger partial charge >= 0.3 is 0 Å². The van der Waals surface area contributed by atoms with E-state index in [1.165, 1.54) is 11.8 Å². The van der Waals surface area contributed by atoms with Crippen molar-refractivity contribution in [2.45, 2.75) is 11.9 Å². The van der Waals surface area contributed by atoms with E-state index in [9.17, 15) is 4.79 Å². The number of benzene rings is 1. The minimum atomic E-state index is -0.00351. The Morgan fingerprint density at radius 1 is 1.17 bits per heavy atom. The summed E-state index contributed by atoms with van der Waals surface area (Å²) >= 11 is 4.59. The highest BCUT2D eigenvalue weighted by Crippen LogP contribution is 2.37. The number of Topliss-reactive ketones (excluding diaryl/α,β-unsaturated/α-hetero) is 1. The number of nitrogens with zero attached hydrogens (tertiary/aromatic N) is 3. The molecule has 146 valence electrons. The molecule has 0 fully saturated rings. The van der Waals surface area contributed by atoms with Crippen molar-refractivity contribution in [3.05, 3.63) is 46.3 Å². The molecule has 4 aromatic rings. The number of fused-ring (bicyclic) bond motifs is 2. The topological polar surface area (TPSA) is 74.2 Å². The van der Waals surface area contributed by atoms with E-state index in [0.29, 0.717) is 35.3 Å². The zero-order valence-corrected chi connectivity index (χ0v) is 17.8. The number of hydrogen-bond acceptors (Lipinski definition) is 9. The Morgan fingerprint density at radius 2 is 2.03 bits per heavy atom. The first kappa shape index (κ1) is 18.5. The predicted octanol–water partition coefficient (Wildman–Crippen LogP) is 4.87. The molecule has 29 heavy (non-hydrogen) atoms.